The molecule has 0 radical (unpaired) electrons. The van der Waals surface area contributed by atoms with Gasteiger partial charge in [-0.05, 0) is 62.1 Å². The lowest BCUT2D eigenvalue weighted by atomic mass is 9.91. The van der Waals surface area contributed by atoms with Crippen LogP contribution in [-0.2, 0) is 4.79 Å². The summed E-state index contributed by atoms with van der Waals surface area (Å²) in [5, 5.41) is 3.45. The monoisotopic (exact) mass is 554 g/mol. The van der Waals surface area contributed by atoms with Crippen LogP contribution < -0.4 is 10.2 Å². The van der Waals surface area contributed by atoms with Gasteiger partial charge >= 0.3 is 6.18 Å². The molecule has 2 fully saturated rings. The summed E-state index contributed by atoms with van der Waals surface area (Å²) in [5.74, 6) is -0.806. The Balaban J connectivity index is 1.35. The zero-order valence-corrected chi connectivity index (χ0v) is 22.1. The number of hydrogen-bond acceptors (Lipinski definition) is 5. The van der Waals surface area contributed by atoms with E-state index in [0.717, 1.165) is 17.7 Å². The minimum Gasteiger partial charge on any atom is -0.355 e. The number of likely N-dealkylation sites (tertiary alicyclic amines) is 1. The van der Waals surface area contributed by atoms with Crippen molar-refractivity contribution < 1.29 is 22.8 Å². The predicted molar refractivity (Wildman–Crippen MR) is 140 cm³/mol. The Morgan fingerprint density at radius 3 is 2.43 bits per heavy atom. The average Bonchev–Trinajstić information content (AvgIpc) is 2.88. The first-order chi connectivity index (χ1) is 17.6. The number of hydrogen-bond donors (Lipinski definition) is 1. The Labute approximate surface area is 223 Å². The molecule has 6 nitrogen and oxygen atoms in total. The van der Waals surface area contributed by atoms with Gasteiger partial charge in [0.05, 0.1) is 11.6 Å². The molecule has 2 aliphatic heterocycles. The van der Waals surface area contributed by atoms with E-state index in [1.165, 1.54) is 11.8 Å². The van der Waals surface area contributed by atoms with Crippen molar-refractivity contribution in [2.24, 2.45) is 11.8 Å². The van der Waals surface area contributed by atoms with Crippen molar-refractivity contribution in [1.29, 1.82) is 0 Å². The lowest BCUT2D eigenvalue weighted by Gasteiger charge is -2.36. The number of nitrogens with one attached hydrogen (secondary N) is 1. The summed E-state index contributed by atoms with van der Waals surface area (Å²) in [6.07, 6.45) is 1.36. The molecule has 200 valence electrons. The summed E-state index contributed by atoms with van der Waals surface area (Å²) in [7, 11) is 0. The maximum atomic E-state index is 12.9. The normalized spacial score (nSPS) is 17.6. The highest BCUT2D eigenvalue weighted by Gasteiger charge is 2.41. The molecule has 11 heteroatoms. The van der Waals surface area contributed by atoms with Gasteiger partial charge in [-0.25, -0.2) is 4.98 Å². The standard InChI is InChI=1S/C26H30ClF3N4O2S/c1-37-21-15-22(32-25(36)18-3-2-4-20(27)14-18)24(31-16-21)34-9-5-17(6-10-34)13-23(35)33-11-7-19(8-12-33)26(28,29)30/h2-4,14-17,19H,5-13H2,1H3,(H,32,36). The van der Waals surface area contributed by atoms with Gasteiger partial charge in [0.25, 0.3) is 5.91 Å². The fourth-order valence-electron chi connectivity index (χ4n) is 4.90. The molecule has 4 rings (SSSR count). The van der Waals surface area contributed by atoms with Gasteiger partial charge in [-0.2, -0.15) is 13.2 Å². The van der Waals surface area contributed by atoms with Crippen LogP contribution in [0.2, 0.25) is 5.02 Å². The summed E-state index contributed by atoms with van der Waals surface area (Å²) in [4.78, 5) is 34.8. The summed E-state index contributed by atoms with van der Waals surface area (Å²) in [6.45, 7) is 1.67. The van der Waals surface area contributed by atoms with E-state index in [0.29, 0.717) is 41.6 Å². The van der Waals surface area contributed by atoms with E-state index in [9.17, 15) is 22.8 Å². The van der Waals surface area contributed by atoms with Crippen molar-refractivity contribution in [3.63, 3.8) is 0 Å². The number of aromatic nitrogens is 1. The molecule has 3 heterocycles. The van der Waals surface area contributed by atoms with Crippen molar-refractivity contribution >= 4 is 46.7 Å². The summed E-state index contributed by atoms with van der Waals surface area (Å²) >= 11 is 7.57. The van der Waals surface area contributed by atoms with Gasteiger partial charge in [0.2, 0.25) is 5.91 Å². The lowest BCUT2D eigenvalue weighted by molar-refractivity contribution is -0.186. The third kappa shape index (κ3) is 7.10. The largest absolute Gasteiger partial charge is 0.391 e. The first-order valence-corrected chi connectivity index (χ1v) is 13.9. The first kappa shape index (κ1) is 27.6. The van der Waals surface area contributed by atoms with Crippen molar-refractivity contribution in [3.8, 4) is 0 Å². The maximum Gasteiger partial charge on any atom is 0.391 e. The molecule has 0 saturated carbocycles. The molecule has 0 unspecified atom stereocenters. The molecule has 1 N–H and O–H groups in total. The van der Waals surface area contributed by atoms with Crippen molar-refractivity contribution in [1.82, 2.24) is 9.88 Å². The van der Waals surface area contributed by atoms with Crippen LogP contribution in [0.4, 0.5) is 24.7 Å². The summed E-state index contributed by atoms with van der Waals surface area (Å²) in [5.41, 5.74) is 1.06. The fraction of sp³-hybridized carbons (Fsp3) is 0.500. The van der Waals surface area contributed by atoms with Gasteiger partial charge in [-0.3, -0.25) is 9.59 Å². The number of thioether (sulfide) groups is 1. The molecular formula is C26H30ClF3N4O2S. The molecule has 2 saturated heterocycles. The average molecular weight is 555 g/mol. The number of carbonyl (C=O) groups is 2. The van der Waals surface area contributed by atoms with E-state index in [1.807, 2.05) is 12.3 Å². The molecule has 2 amide bonds. The minimum absolute atomic E-state index is 0.0188. The van der Waals surface area contributed by atoms with E-state index in [-0.39, 0.29) is 43.7 Å². The molecule has 2 aromatic rings. The van der Waals surface area contributed by atoms with Crippen molar-refractivity contribution in [2.45, 2.75) is 43.2 Å². The third-order valence-electron chi connectivity index (χ3n) is 7.10. The van der Waals surface area contributed by atoms with Crippen LogP contribution in [0.15, 0.2) is 41.4 Å². The summed E-state index contributed by atoms with van der Waals surface area (Å²) < 4.78 is 38.8. The highest BCUT2D eigenvalue weighted by Crippen LogP contribution is 2.35. The number of alkyl halides is 3. The molecule has 1 aromatic carbocycles. The van der Waals surface area contributed by atoms with Crippen LogP contribution >= 0.6 is 23.4 Å². The molecule has 2 aliphatic rings. The molecule has 0 atom stereocenters. The van der Waals surface area contributed by atoms with Gasteiger partial charge in [-0.15, -0.1) is 11.8 Å². The van der Waals surface area contributed by atoms with Crippen LogP contribution in [0, 0.1) is 11.8 Å². The quantitative estimate of drug-likeness (QED) is 0.436. The van der Waals surface area contributed by atoms with Gasteiger partial charge in [0, 0.05) is 54.3 Å². The van der Waals surface area contributed by atoms with Gasteiger partial charge < -0.3 is 15.1 Å². The van der Waals surface area contributed by atoms with Crippen molar-refractivity contribution in [2.75, 3.05) is 42.7 Å². The second-order valence-corrected chi connectivity index (χ2v) is 10.9. The number of rotatable bonds is 6. The number of halogens is 4. The highest BCUT2D eigenvalue weighted by molar-refractivity contribution is 7.98. The van der Waals surface area contributed by atoms with Gasteiger partial charge in [0.15, 0.2) is 5.82 Å². The van der Waals surface area contributed by atoms with E-state index in [4.69, 9.17) is 11.6 Å². The number of anilines is 2. The number of benzene rings is 1. The second kappa shape index (κ2) is 11.9. The zero-order chi connectivity index (χ0) is 26.6. The zero-order valence-electron chi connectivity index (χ0n) is 20.6. The van der Waals surface area contributed by atoms with Crippen LogP contribution in [0.5, 0.6) is 0 Å². The number of piperidine rings is 2. The topological polar surface area (TPSA) is 65.5 Å². The minimum atomic E-state index is -4.18. The molecule has 0 spiro atoms. The smallest absolute Gasteiger partial charge is 0.355 e. The number of carbonyl (C=O) groups excluding carboxylic acids is 2. The molecular weight excluding hydrogens is 525 g/mol. The van der Waals surface area contributed by atoms with Gasteiger partial charge in [0.1, 0.15) is 0 Å². The maximum absolute atomic E-state index is 12.9. The van der Waals surface area contributed by atoms with Crippen molar-refractivity contribution in [3.05, 3.63) is 47.1 Å². The second-order valence-electron chi connectivity index (χ2n) is 9.54. The molecule has 37 heavy (non-hydrogen) atoms. The molecule has 0 bridgehead atoms. The number of amides is 2. The van der Waals surface area contributed by atoms with E-state index in [2.05, 4.69) is 15.2 Å². The Kier molecular flexibility index (Phi) is 8.90. The van der Waals surface area contributed by atoms with Crippen LogP contribution in [0.25, 0.3) is 0 Å². The Morgan fingerprint density at radius 1 is 1.11 bits per heavy atom. The van der Waals surface area contributed by atoms with E-state index in [1.54, 1.807) is 35.4 Å². The Hall–Kier alpha value is -2.46. The van der Waals surface area contributed by atoms with Crippen LogP contribution in [0.3, 0.4) is 0 Å². The van der Waals surface area contributed by atoms with Crippen LogP contribution in [0.1, 0.15) is 42.5 Å². The van der Waals surface area contributed by atoms with E-state index >= 15 is 0 Å². The summed E-state index contributed by atoms with van der Waals surface area (Å²) in [6, 6.07) is 8.63. The predicted octanol–water partition coefficient (Wildman–Crippen LogP) is 6.12. The Bertz CT molecular complexity index is 1120. The van der Waals surface area contributed by atoms with E-state index < -0.39 is 12.1 Å². The van der Waals surface area contributed by atoms with Crippen LogP contribution in [-0.4, -0.2) is 60.3 Å². The molecule has 0 aliphatic carbocycles. The SMILES string of the molecule is CSc1cnc(N2CCC(CC(=O)N3CCC(C(F)(F)F)CC3)CC2)c(NC(=O)c2cccc(Cl)c2)c1. The Morgan fingerprint density at radius 2 is 1.81 bits per heavy atom. The number of nitrogens with zero attached hydrogens (tertiary/aromatic N) is 3. The first-order valence-electron chi connectivity index (χ1n) is 12.3. The highest BCUT2D eigenvalue weighted by atomic mass is 35.5. The molecule has 1 aromatic heterocycles. The van der Waals surface area contributed by atoms with Gasteiger partial charge in [-0.1, -0.05) is 17.7 Å². The third-order valence-corrected chi connectivity index (χ3v) is 8.03. The fourth-order valence-corrected chi connectivity index (χ4v) is 5.48. The lowest BCUT2D eigenvalue weighted by Crippen LogP contribution is -2.43. The number of pyridine rings is 1.